The van der Waals surface area contributed by atoms with Gasteiger partial charge in [0.1, 0.15) is 5.60 Å². The van der Waals surface area contributed by atoms with Crippen molar-refractivity contribution in [3.8, 4) is 0 Å². The Balaban J connectivity index is 2.07. The van der Waals surface area contributed by atoms with E-state index in [9.17, 15) is 9.59 Å². The molecule has 2 N–H and O–H groups in total. The van der Waals surface area contributed by atoms with Gasteiger partial charge in [0.25, 0.3) is 0 Å². The summed E-state index contributed by atoms with van der Waals surface area (Å²) < 4.78 is 9.73. The summed E-state index contributed by atoms with van der Waals surface area (Å²) in [6, 6.07) is 0.509. The zero-order valence-electron chi connectivity index (χ0n) is 12.1. The summed E-state index contributed by atoms with van der Waals surface area (Å²) in [7, 11) is 1.38. The number of esters is 1. The molecule has 19 heavy (non-hydrogen) atoms. The molecule has 0 aromatic heterocycles. The van der Waals surface area contributed by atoms with Gasteiger partial charge >= 0.3 is 12.1 Å². The number of hydrogen-bond donors (Lipinski definition) is 2. The highest BCUT2D eigenvalue weighted by molar-refractivity contribution is 5.69. The highest BCUT2D eigenvalue weighted by atomic mass is 16.6. The van der Waals surface area contributed by atoms with Crippen LogP contribution in [0.4, 0.5) is 4.79 Å². The van der Waals surface area contributed by atoms with Crippen molar-refractivity contribution in [2.45, 2.75) is 57.7 Å². The Morgan fingerprint density at radius 3 is 2.37 bits per heavy atom. The molecule has 1 amide bonds. The van der Waals surface area contributed by atoms with Gasteiger partial charge in [0.2, 0.25) is 0 Å². The molecule has 0 aromatic rings. The number of nitrogens with one attached hydrogen (secondary N) is 2. The summed E-state index contributed by atoms with van der Waals surface area (Å²) in [6.07, 6.45) is 1.73. The van der Waals surface area contributed by atoms with Gasteiger partial charge in [-0.15, -0.1) is 0 Å². The first-order valence-corrected chi connectivity index (χ1v) is 6.60. The molecule has 6 heteroatoms. The molecule has 0 bridgehead atoms. The van der Waals surface area contributed by atoms with Gasteiger partial charge in [-0.25, -0.2) is 4.79 Å². The van der Waals surface area contributed by atoms with Gasteiger partial charge in [-0.1, -0.05) is 0 Å². The molecule has 1 rings (SSSR count). The van der Waals surface area contributed by atoms with Crippen molar-refractivity contribution in [3.05, 3.63) is 0 Å². The summed E-state index contributed by atoms with van der Waals surface area (Å²) in [5, 5.41) is 6.06. The van der Waals surface area contributed by atoms with Gasteiger partial charge in [0.15, 0.2) is 0 Å². The molecule has 1 aliphatic carbocycles. The van der Waals surface area contributed by atoms with Crippen molar-refractivity contribution in [1.29, 1.82) is 0 Å². The van der Waals surface area contributed by atoms with Crippen molar-refractivity contribution in [2.75, 3.05) is 13.7 Å². The van der Waals surface area contributed by atoms with Crippen LogP contribution >= 0.6 is 0 Å². The van der Waals surface area contributed by atoms with Crippen LogP contribution in [0, 0.1) is 0 Å². The monoisotopic (exact) mass is 272 g/mol. The molecule has 0 aliphatic heterocycles. The molecule has 0 aromatic carbocycles. The van der Waals surface area contributed by atoms with Crippen molar-refractivity contribution in [1.82, 2.24) is 10.6 Å². The van der Waals surface area contributed by atoms with Crippen LogP contribution < -0.4 is 10.6 Å². The SMILES string of the molecule is COC(=O)CCNC1CC(NC(=O)OC(C)(C)C)C1. The molecule has 0 radical (unpaired) electrons. The number of carbonyl (C=O) groups excluding carboxylic acids is 2. The molecule has 0 unspecified atom stereocenters. The van der Waals surface area contributed by atoms with Crippen LogP contribution in [0.1, 0.15) is 40.0 Å². The number of carbonyl (C=O) groups is 2. The van der Waals surface area contributed by atoms with E-state index < -0.39 is 5.60 Å². The van der Waals surface area contributed by atoms with Crippen LogP contribution in [0.5, 0.6) is 0 Å². The lowest BCUT2D eigenvalue weighted by atomic mass is 9.87. The molecule has 1 aliphatic rings. The summed E-state index contributed by atoms with van der Waals surface area (Å²) in [5.74, 6) is -0.213. The fourth-order valence-corrected chi connectivity index (χ4v) is 1.86. The van der Waals surface area contributed by atoms with Crippen LogP contribution in [0.25, 0.3) is 0 Å². The molecule has 1 saturated carbocycles. The zero-order valence-corrected chi connectivity index (χ0v) is 12.1. The highest BCUT2D eigenvalue weighted by Gasteiger charge is 2.31. The van der Waals surface area contributed by atoms with E-state index in [0.29, 0.717) is 19.0 Å². The first kappa shape index (κ1) is 15.8. The van der Waals surface area contributed by atoms with Crippen molar-refractivity contribution in [2.24, 2.45) is 0 Å². The Morgan fingerprint density at radius 1 is 1.21 bits per heavy atom. The lowest BCUT2D eigenvalue weighted by molar-refractivity contribution is -0.140. The minimum absolute atomic E-state index is 0.158. The Morgan fingerprint density at radius 2 is 1.84 bits per heavy atom. The minimum Gasteiger partial charge on any atom is -0.469 e. The molecular formula is C13H24N2O4. The van der Waals surface area contributed by atoms with Gasteiger partial charge in [0.05, 0.1) is 13.5 Å². The van der Waals surface area contributed by atoms with Gasteiger partial charge in [-0.3, -0.25) is 4.79 Å². The lowest BCUT2D eigenvalue weighted by Crippen LogP contribution is -2.53. The molecule has 0 atom stereocenters. The van der Waals surface area contributed by atoms with Gasteiger partial charge in [0, 0.05) is 18.6 Å². The number of rotatable bonds is 5. The molecule has 110 valence electrons. The van der Waals surface area contributed by atoms with E-state index in [0.717, 1.165) is 12.8 Å². The van der Waals surface area contributed by atoms with Gasteiger partial charge in [-0.05, 0) is 33.6 Å². The molecule has 0 saturated heterocycles. The standard InChI is InChI=1S/C13H24N2O4/c1-13(2,3)19-12(17)15-10-7-9(8-10)14-6-5-11(16)18-4/h9-10,14H,5-8H2,1-4H3,(H,15,17). The van der Waals surface area contributed by atoms with E-state index in [-0.39, 0.29) is 18.1 Å². The number of amides is 1. The summed E-state index contributed by atoms with van der Waals surface area (Å²) in [5.41, 5.74) is -0.466. The largest absolute Gasteiger partial charge is 0.469 e. The molecule has 1 fully saturated rings. The van der Waals surface area contributed by atoms with E-state index in [1.165, 1.54) is 7.11 Å². The van der Waals surface area contributed by atoms with E-state index in [1.807, 2.05) is 20.8 Å². The summed E-state index contributed by atoms with van der Waals surface area (Å²) in [4.78, 5) is 22.4. The minimum atomic E-state index is -0.466. The van der Waals surface area contributed by atoms with Crippen LogP contribution in [0.3, 0.4) is 0 Å². The Kier molecular flexibility index (Phi) is 5.60. The third-order valence-corrected chi connectivity index (χ3v) is 2.85. The topological polar surface area (TPSA) is 76.7 Å². The number of alkyl carbamates (subject to hydrolysis) is 1. The van der Waals surface area contributed by atoms with Crippen LogP contribution in [0.2, 0.25) is 0 Å². The highest BCUT2D eigenvalue weighted by Crippen LogP contribution is 2.20. The van der Waals surface area contributed by atoms with Crippen molar-refractivity contribution in [3.63, 3.8) is 0 Å². The summed E-state index contributed by atoms with van der Waals surface area (Å²) in [6.45, 7) is 6.12. The first-order chi connectivity index (χ1) is 8.80. The van der Waals surface area contributed by atoms with Gasteiger partial charge < -0.3 is 20.1 Å². The third kappa shape index (κ3) is 6.42. The predicted octanol–water partition coefficient (Wildman–Crippen LogP) is 1.19. The first-order valence-electron chi connectivity index (χ1n) is 6.60. The van der Waals surface area contributed by atoms with Crippen molar-refractivity contribution < 1.29 is 19.1 Å². The van der Waals surface area contributed by atoms with E-state index in [1.54, 1.807) is 0 Å². The van der Waals surface area contributed by atoms with E-state index in [2.05, 4.69) is 15.4 Å². The number of methoxy groups -OCH3 is 1. The van der Waals surface area contributed by atoms with Crippen molar-refractivity contribution >= 4 is 12.1 Å². The maximum absolute atomic E-state index is 11.5. The average molecular weight is 272 g/mol. The zero-order chi connectivity index (χ0) is 14.5. The fraction of sp³-hybridized carbons (Fsp3) is 0.846. The van der Waals surface area contributed by atoms with E-state index in [4.69, 9.17) is 4.74 Å². The number of ether oxygens (including phenoxy) is 2. The second-order valence-corrected chi connectivity index (χ2v) is 5.79. The lowest BCUT2D eigenvalue weighted by Gasteiger charge is -2.36. The Labute approximate surface area is 114 Å². The fourth-order valence-electron chi connectivity index (χ4n) is 1.86. The van der Waals surface area contributed by atoms with Crippen LogP contribution in [0.15, 0.2) is 0 Å². The van der Waals surface area contributed by atoms with Crippen LogP contribution in [-0.4, -0.2) is 43.4 Å². The molecule has 0 spiro atoms. The Hall–Kier alpha value is -1.30. The third-order valence-electron chi connectivity index (χ3n) is 2.85. The Bertz CT molecular complexity index is 319. The second-order valence-electron chi connectivity index (χ2n) is 5.79. The average Bonchev–Trinajstić information content (AvgIpc) is 2.22. The summed E-state index contributed by atoms with van der Waals surface area (Å²) >= 11 is 0. The molecule has 6 nitrogen and oxygen atoms in total. The van der Waals surface area contributed by atoms with E-state index >= 15 is 0 Å². The van der Waals surface area contributed by atoms with Crippen LogP contribution in [-0.2, 0) is 14.3 Å². The molecule has 0 heterocycles. The van der Waals surface area contributed by atoms with Gasteiger partial charge in [-0.2, -0.15) is 0 Å². The maximum Gasteiger partial charge on any atom is 0.407 e. The quantitative estimate of drug-likeness (QED) is 0.735. The number of hydrogen-bond acceptors (Lipinski definition) is 5. The second kappa shape index (κ2) is 6.75. The molecular weight excluding hydrogens is 248 g/mol. The normalized spacial score (nSPS) is 22.3. The smallest absolute Gasteiger partial charge is 0.407 e. The predicted molar refractivity (Wildman–Crippen MR) is 70.8 cm³/mol. The maximum atomic E-state index is 11.5.